The van der Waals surface area contributed by atoms with Crippen molar-refractivity contribution in [3.8, 4) is 0 Å². The van der Waals surface area contributed by atoms with E-state index in [0.717, 1.165) is 5.92 Å². The van der Waals surface area contributed by atoms with Gasteiger partial charge in [0, 0.05) is 17.8 Å². The van der Waals surface area contributed by atoms with E-state index in [-0.39, 0.29) is 0 Å². The molecular weight excluding hydrogens is 290 g/mol. The molecule has 1 fully saturated rings. The highest BCUT2D eigenvalue weighted by atomic mass is 15.2. The van der Waals surface area contributed by atoms with Crippen LogP contribution in [0.1, 0.15) is 104 Å². The molecular formula is C23H39N. The number of nitrogens with zero attached hydrogens (tertiary/aromatic N) is 1. The molecule has 0 radical (unpaired) electrons. The van der Waals surface area contributed by atoms with Crippen molar-refractivity contribution < 1.29 is 0 Å². The maximum Gasteiger partial charge on any atom is 0.0406 e. The van der Waals surface area contributed by atoms with Gasteiger partial charge in [-0.05, 0) is 87.8 Å². The number of rotatable bonds is 5. The number of hydrogen-bond donors (Lipinski definition) is 0. The molecule has 0 N–H and O–H groups in total. The van der Waals surface area contributed by atoms with Crippen LogP contribution in [0.15, 0.2) is 18.2 Å². The minimum Gasteiger partial charge on any atom is -0.366 e. The molecule has 1 nitrogen and oxygen atoms in total. The van der Waals surface area contributed by atoms with E-state index in [1.165, 1.54) is 36.9 Å². The monoisotopic (exact) mass is 329 g/mol. The molecule has 1 aromatic carbocycles. The maximum absolute atomic E-state index is 2.57. The lowest BCUT2D eigenvalue weighted by Crippen LogP contribution is -2.37. The van der Waals surface area contributed by atoms with E-state index in [0.29, 0.717) is 23.4 Å². The van der Waals surface area contributed by atoms with Gasteiger partial charge in [0.2, 0.25) is 0 Å². The van der Waals surface area contributed by atoms with Crippen LogP contribution in [0.5, 0.6) is 0 Å². The molecule has 1 aliphatic rings. The van der Waals surface area contributed by atoms with Gasteiger partial charge in [-0.15, -0.1) is 0 Å². The van der Waals surface area contributed by atoms with Crippen molar-refractivity contribution in [1.82, 2.24) is 0 Å². The Hall–Kier alpha value is -0.980. The second-order valence-corrected chi connectivity index (χ2v) is 9.51. The lowest BCUT2D eigenvalue weighted by atomic mass is 9.71. The average molecular weight is 330 g/mol. The van der Waals surface area contributed by atoms with Crippen LogP contribution in [0.25, 0.3) is 0 Å². The molecule has 0 aliphatic heterocycles. The Morgan fingerprint density at radius 3 is 1.92 bits per heavy atom. The number of anilines is 1. The summed E-state index contributed by atoms with van der Waals surface area (Å²) in [4.78, 5) is 2.57. The first-order chi connectivity index (χ1) is 11.1. The normalized spacial score (nSPS) is 18.6. The number of hydrogen-bond acceptors (Lipinski definition) is 1. The summed E-state index contributed by atoms with van der Waals surface area (Å²) in [6.07, 6.45) is 5.42. The molecule has 24 heavy (non-hydrogen) atoms. The second kappa shape index (κ2) is 7.50. The quantitative estimate of drug-likeness (QED) is 0.556. The van der Waals surface area contributed by atoms with E-state index < -0.39 is 0 Å². The largest absolute Gasteiger partial charge is 0.366 e. The van der Waals surface area contributed by atoms with E-state index in [2.05, 4.69) is 78.5 Å². The average Bonchev–Trinajstić information content (AvgIpc) is 2.46. The first-order valence-electron chi connectivity index (χ1n) is 10.0. The molecule has 0 atom stereocenters. The summed E-state index contributed by atoms with van der Waals surface area (Å²) < 4.78 is 0. The van der Waals surface area contributed by atoms with Gasteiger partial charge in [0.1, 0.15) is 0 Å². The minimum atomic E-state index is 0.531. The van der Waals surface area contributed by atoms with E-state index in [9.17, 15) is 0 Å². The molecule has 0 unspecified atom stereocenters. The zero-order valence-electron chi connectivity index (χ0n) is 17.3. The van der Waals surface area contributed by atoms with Crippen LogP contribution in [0.4, 0.5) is 5.69 Å². The first kappa shape index (κ1) is 19.3. The van der Waals surface area contributed by atoms with E-state index in [4.69, 9.17) is 0 Å². The summed E-state index contributed by atoms with van der Waals surface area (Å²) >= 11 is 0. The highest BCUT2D eigenvalue weighted by Crippen LogP contribution is 2.43. The van der Waals surface area contributed by atoms with Gasteiger partial charge in [0.15, 0.2) is 0 Å². The Morgan fingerprint density at radius 2 is 1.46 bits per heavy atom. The van der Waals surface area contributed by atoms with Gasteiger partial charge in [-0.1, -0.05) is 39.8 Å². The van der Waals surface area contributed by atoms with Crippen molar-refractivity contribution in [3.05, 3.63) is 29.3 Å². The molecule has 0 aromatic heterocycles. The van der Waals surface area contributed by atoms with Crippen molar-refractivity contribution in [2.45, 2.75) is 105 Å². The maximum atomic E-state index is 2.57. The molecule has 136 valence electrons. The molecule has 1 aliphatic carbocycles. The molecule has 0 heterocycles. The van der Waals surface area contributed by atoms with Gasteiger partial charge in [-0.3, -0.25) is 0 Å². The smallest absolute Gasteiger partial charge is 0.0406 e. The molecule has 0 bridgehead atoms. The van der Waals surface area contributed by atoms with Crippen LogP contribution >= 0.6 is 0 Å². The number of benzene rings is 1. The first-order valence-corrected chi connectivity index (χ1v) is 10.0. The Kier molecular flexibility index (Phi) is 6.04. The standard InChI is InChI=1S/C23H39N/c1-16(2)21-15-20(19-11-13-23(7,8)14-12-19)9-10-22(21)24(17(3)4)18(5)6/h9-10,15-19H,11-14H2,1-8H3. The predicted molar refractivity (Wildman–Crippen MR) is 108 cm³/mol. The summed E-state index contributed by atoms with van der Waals surface area (Å²) in [5, 5.41) is 0. The van der Waals surface area contributed by atoms with Crippen molar-refractivity contribution in [1.29, 1.82) is 0 Å². The van der Waals surface area contributed by atoms with Gasteiger partial charge in [-0.25, -0.2) is 0 Å². The molecule has 0 saturated heterocycles. The fraction of sp³-hybridized carbons (Fsp3) is 0.739. The van der Waals surface area contributed by atoms with E-state index in [1.54, 1.807) is 5.56 Å². The third kappa shape index (κ3) is 4.35. The third-order valence-electron chi connectivity index (χ3n) is 5.88. The Bertz CT molecular complexity index is 521. The van der Waals surface area contributed by atoms with Crippen LogP contribution in [-0.4, -0.2) is 12.1 Å². The molecule has 1 saturated carbocycles. The second-order valence-electron chi connectivity index (χ2n) is 9.51. The molecule has 1 heteroatoms. The van der Waals surface area contributed by atoms with Gasteiger partial charge in [0.05, 0.1) is 0 Å². The van der Waals surface area contributed by atoms with Crippen LogP contribution < -0.4 is 4.90 Å². The van der Waals surface area contributed by atoms with Gasteiger partial charge in [-0.2, -0.15) is 0 Å². The summed E-state index contributed by atoms with van der Waals surface area (Å²) in [7, 11) is 0. The topological polar surface area (TPSA) is 3.24 Å². The minimum absolute atomic E-state index is 0.531. The van der Waals surface area contributed by atoms with Crippen LogP contribution in [-0.2, 0) is 0 Å². The Balaban J connectivity index is 2.33. The molecule has 0 amide bonds. The zero-order chi connectivity index (χ0) is 18.1. The fourth-order valence-electron chi connectivity index (χ4n) is 4.41. The Labute approximate surface area is 150 Å². The van der Waals surface area contributed by atoms with E-state index >= 15 is 0 Å². The van der Waals surface area contributed by atoms with Crippen molar-refractivity contribution in [2.24, 2.45) is 5.41 Å². The molecule has 1 aromatic rings. The van der Waals surface area contributed by atoms with Crippen LogP contribution in [0.3, 0.4) is 0 Å². The van der Waals surface area contributed by atoms with Crippen LogP contribution in [0.2, 0.25) is 0 Å². The summed E-state index contributed by atoms with van der Waals surface area (Å²) in [6, 6.07) is 8.42. The van der Waals surface area contributed by atoms with Crippen molar-refractivity contribution in [2.75, 3.05) is 4.90 Å². The van der Waals surface area contributed by atoms with Gasteiger partial charge < -0.3 is 4.90 Å². The van der Waals surface area contributed by atoms with Crippen molar-refractivity contribution in [3.63, 3.8) is 0 Å². The lowest BCUT2D eigenvalue weighted by molar-refractivity contribution is 0.224. The third-order valence-corrected chi connectivity index (χ3v) is 5.88. The summed E-state index contributed by atoms with van der Waals surface area (Å²) in [6.45, 7) is 18.8. The SMILES string of the molecule is CC(C)c1cc(C2CCC(C)(C)CC2)ccc1N(C(C)C)C(C)C. The van der Waals surface area contributed by atoms with Crippen LogP contribution in [0, 0.1) is 5.41 Å². The van der Waals surface area contributed by atoms with Crippen molar-refractivity contribution >= 4 is 5.69 Å². The highest BCUT2D eigenvalue weighted by molar-refractivity contribution is 5.58. The fourth-order valence-corrected chi connectivity index (χ4v) is 4.41. The molecule has 0 spiro atoms. The van der Waals surface area contributed by atoms with E-state index in [1.807, 2.05) is 0 Å². The lowest BCUT2D eigenvalue weighted by Gasteiger charge is -2.37. The summed E-state index contributed by atoms with van der Waals surface area (Å²) in [5.74, 6) is 1.33. The zero-order valence-corrected chi connectivity index (χ0v) is 17.3. The Morgan fingerprint density at radius 1 is 0.917 bits per heavy atom. The van der Waals surface area contributed by atoms with Gasteiger partial charge in [0.25, 0.3) is 0 Å². The summed E-state index contributed by atoms with van der Waals surface area (Å²) in [5.41, 5.74) is 5.09. The molecule has 2 rings (SSSR count). The predicted octanol–water partition coefficient (Wildman–Crippen LogP) is 7.12. The van der Waals surface area contributed by atoms with Gasteiger partial charge >= 0.3 is 0 Å². The highest BCUT2D eigenvalue weighted by Gasteiger charge is 2.28.